The molecule has 1 heterocycles. The molecular formula is C12H12F3N3. The molecule has 1 aliphatic rings. The van der Waals surface area contributed by atoms with Gasteiger partial charge in [-0.2, -0.15) is 18.4 Å². The van der Waals surface area contributed by atoms with E-state index in [0.29, 0.717) is 18.8 Å². The number of piperazine rings is 1. The maximum absolute atomic E-state index is 12.7. The van der Waals surface area contributed by atoms with Gasteiger partial charge in [0.2, 0.25) is 0 Å². The van der Waals surface area contributed by atoms with Gasteiger partial charge in [0.1, 0.15) is 0 Å². The topological polar surface area (TPSA) is 39.1 Å². The lowest BCUT2D eigenvalue weighted by atomic mass is 10.1. The van der Waals surface area contributed by atoms with Crippen molar-refractivity contribution in [3.05, 3.63) is 29.3 Å². The molecule has 0 aliphatic carbocycles. The van der Waals surface area contributed by atoms with Crippen LogP contribution in [0.25, 0.3) is 0 Å². The van der Waals surface area contributed by atoms with Crippen molar-refractivity contribution in [1.29, 1.82) is 5.26 Å². The van der Waals surface area contributed by atoms with Gasteiger partial charge < -0.3 is 10.2 Å². The Hall–Kier alpha value is -1.74. The molecule has 1 aromatic carbocycles. The highest BCUT2D eigenvalue weighted by Crippen LogP contribution is 2.32. The van der Waals surface area contributed by atoms with Crippen molar-refractivity contribution in [3.8, 4) is 6.07 Å². The summed E-state index contributed by atoms with van der Waals surface area (Å²) in [5.41, 5.74) is -0.267. The third-order valence-electron chi connectivity index (χ3n) is 2.86. The second kappa shape index (κ2) is 4.86. The monoisotopic (exact) mass is 255 g/mol. The van der Waals surface area contributed by atoms with E-state index in [-0.39, 0.29) is 5.56 Å². The van der Waals surface area contributed by atoms with Crippen molar-refractivity contribution in [1.82, 2.24) is 5.32 Å². The third kappa shape index (κ3) is 2.74. The number of benzene rings is 1. The highest BCUT2D eigenvalue weighted by Gasteiger charge is 2.31. The second-order valence-corrected chi connectivity index (χ2v) is 4.12. The predicted molar refractivity (Wildman–Crippen MR) is 61.2 cm³/mol. The lowest BCUT2D eigenvalue weighted by molar-refractivity contribution is -0.137. The standard InChI is InChI=1S/C12H12F3N3/c13-12(14,15)10-5-9(8-16)6-11(7-10)18-3-1-17-2-4-18/h5-7,17H,1-4H2. The van der Waals surface area contributed by atoms with Gasteiger partial charge in [0, 0.05) is 31.9 Å². The molecule has 1 aromatic rings. The van der Waals surface area contributed by atoms with E-state index in [2.05, 4.69) is 5.32 Å². The fourth-order valence-corrected chi connectivity index (χ4v) is 1.94. The van der Waals surface area contributed by atoms with Crippen LogP contribution in [0.1, 0.15) is 11.1 Å². The van der Waals surface area contributed by atoms with Crippen LogP contribution in [-0.4, -0.2) is 26.2 Å². The third-order valence-corrected chi connectivity index (χ3v) is 2.86. The minimum Gasteiger partial charge on any atom is -0.369 e. The zero-order valence-electron chi connectivity index (χ0n) is 9.59. The lowest BCUT2D eigenvalue weighted by Crippen LogP contribution is -2.43. The zero-order chi connectivity index (χ0) is 13.2. The number of alkyl halides is 3. The molecule has 0 bridgehead atoms. The van der Waals surface area contributed by atoms with Gasteiger partial charge in [0.15, 0.2) is 0 Å². The number of nitrogens with zero attached hydrogens (tertiary/aromatic N) is 2. The van der Waals surface area contributed by atoms with Gasteiger partial charge >= 0.3 is 6.18 Å². The molecule has 0 spiro atoms. The molecule has 96 valence electrons. The van der Waals surface area contributed by atoms with Gasteiger partial charge in [-0.15, -0.1) is 0 Å². The first-order valence-electron chi connectivity index (χ1n) is 5.59. The summed E-state index contributed by atoms with van der Waals surface area (Å²) in [7, 11) is 0. The molecule has 1 fully saturated rings. The van der Waals surface area contributed by atoms with Gasteiger partial charge in [-0.3, -0.25) is 0 Å². The van der Waals surface area contributed by atoms with Crippen LogP contribution in [0.15, 0.2) is 18.2 Å². The Labute approximate surface area is 103 Å². The molecule has 0 unspecified atom stereocenters. The van der Waals surface area contributed by atoms with E-state index in [0.717, 1.165) is 25.2 Å². The van der Waals surface area contributed by atoms with Crippen molar-refractivity contribution in [2.24, 2.45) is 0 Å². The van der Waals surface area contributed by atoms with Gasteiger partial charge in [-0.05, 0) is 18.2 Å². The molecule has 6 heteroatoms. The Bertz CT molecular complexity index is 470. The summed E-state index contributed by atoms with van der Waals surface area (Å²) in [6.45, 7) is 2.76. The van der Waals surface area contributed by atoms with Crippen LogP contribution in [0.3, 0.4) is 0 Å². The van der Waals surface area contributed by atoms with Crippen molar-refractivity contribution in [2.45, 2.75) is 6.18 Å². The molecule has 1 saturated heterocycles. The van der Waals surface area contributed by atoms with E-state index in [9.17, 15) is 13.2 Å². The fourth-order valence-electron chi connectivity index (χ4n) is 1.94. The van der Waals surface area contributed by atoms with Crippen LogP contribution in [0.4, 0.5) is 18.9 Å². The van der Waals surface area contributed by atoms with Crippen molar-refractivity contribution in [2.75, 3.05) is 31.1 Å². The van der Waals surface area contributed by atoms with E-state index in [1.54, 1.807) is 6.07 Å². The SMILES string of the molecule is N#Cc1cc(N2CCNCC2)cc(C(F)(F)F)c1. The summed E-state index contributed by atoms with van der Waals surface area (Å²) in [5.74, 6) is 0. The number of rotatable bonds is 1. The minimum atomic E-state index is -4.42. The Morgan fingerprint density at radius 2 is 1.83 bits per heavy atom. The van der Waals surface area contributed by atoms with Crippen LogP contribution in [0, 0.1) is 11.3 Å². The molecule has 0 atom stereocenters. The molecule has 2 rings (SSSR count). The van der Waals surface area contributed by atoms with Crippen molar-refractivity contribution in [3.63, 3.8) is 0 Å². The van der Waals surface area contributed by atoms with Crippen LogP contribution in [0.2, 0.25) is 0 Å². The van der Waals surface area contributed by atoms with E-state index < -0.39 is 11.7 Å². The van der Waals surface area contributed by atoms with Gasteiger partial charge in [0.05, 0.1) is 17.2 Å². The fraction of sp³-hybridized carbons (Fsp3) is 0.417. The highest BCUT2D eigenvalue weighted by atomic mass is 19.4. The number of nitrogens with one attached hydrogen (secondary N) is 1. The molecule has 0 amide bonds. The van der Waals surface area contributed by atoms with Crippen LogP contribution < -0.4 is 10.2 Å². The Morgan fingerprint density at radius 1 is 1.17 bits per heavy atom. The smallest absolute Gasteiger partial charge is 0.369 e. The molecule has 0 saturated carbocycles. The number of anilines is 1. The van der Waals surface area contributed by atoms with Crippen LogP contribution in [0.5, 0.6) is 0 Å². The van der Waals surface area contributed by atoms with Crippen molar-refractivity contribution < 1.29 is 13.2 Å². The zero-order valence-corrected chi connectivity index (χ0v) is 9.59. The summed E-state index contributed by atoms with van der Waals surface area (Å²) in [6.07, 6.45) is -4.42. The normalized spacial score (nSPS) is 16.4. The van der Waals surface area contributed by atoms with E-state index in [1.165, 1.54) is 6.07 Å². The quantitative estimate of drug-likeness (QED) is 0.834. The molecule has 3 nitrogen and oxygen atoms in total. The first kappa shape index (κ1) is 12.7. The number of hydrogen-bond donors (Lipinski definition) is 1. The maximum atomic E-state index is 12.7. The lowest BCUT2D eigenvalue weighted by Gasteiger charge is -2.30. The summed E-state index contributed by atoms with van der Waals surface area (Å²) < 4.78 is 38.1. The van der Waals surface area contributed by atoms with Crippen LogP contribution >= 0.6 is 0 Å². The van der Waals surface area contributed by atoms with Gasteiger partial charge in [-0.25, -0.2) is 0 Å². The molecule has 0 aromatic heterocycles. The van der Waals surface area contributed by atoms with Gasteiger partial charge in [0.25, 0.3) is 0 Å². The summed E-state index contributed by atoms with van der Waals surface area (Å²) in [4.78, 5) is 1.85. The minimum absolute atomic E-state index is 0.0401. The summed E-state index contributed by atoms with van der Waals surface area (Å²) >= 11 is 0. The second-order valence-electron chi connectivity index (χ2n) is 4.12. The first-order valence-corrected chi connectivity index (χ1v) is 5.59. The Morgan fingerprint density at radius 3 is 2.39 bits per heavy atom. The van der Waals surface area contributed by atoms with Gasteiger partial charge in [-0.1, -0.05) is 0 Å². The first-order chi connectivity index (χ1) is 8.50. The molecule has 18 heavy (non-hydrogen) atoms. The average Bonchev–Trinajstić information content (AvgIpc) is 2.38. The Kier molecular flexibility index (Phi) is 3.43. The maximum Gasteiger partial charge on any atom is 0.416 e. The summed E-state index contributed by atoms with van der Waals surface area (Å²) in [6, 6.07) is 5.26. The van der Waals surface area contributed by atoms with Crippen molar-refractivity contribution >= 4 is 5.69 Å². The number of nitriles is 1. The average molecular weight is 255 g/mol. The molecule has 1 N–H and O–H groups in total. The number of halogens is 3. The highest BCUT2D eigenvalue weighted by molar-refractivity contribution is 5.55. The van der Waals surface area contributed by atoms with Crippen LogP contribution in [-0.2, 0) is 6.18 Å². The molecule has 0 radical (unpaired) electrons. The van der Waals surface area contributed by atoms with E-state index >= 15 is 0 Å². The van der Waals surface area contributed by atoms with E-state index in [4.69, 9.17) is 5.26 Å². The molecule has 1 aliphatic heterocycles. The summed E-state index contributed by atoms with van der Waals surface area (Å²) in [5, 5.41) is 11.9. The number of hydrogen-bond acceptors (Lipinski definition) is 3. The van der Waals surface area contributed by atoms with E-state index in [1.807, 2.05) is 4.90 Å². The predicted octanol–water partition coefficient (Wildman–Crippen LogP) is 1.99. The molecular weight excluding hydrogens is 243 g/mol. The largest absolute Gasteiger partial charge is 0.416 e. The Balaban J connectivity index is 2.38.